The van der Waals surface area contributed by atoms with E-state index in [9.17, 15) is 0 Å². The highest BCUT2D eigenvalue weighted by molar-refractivity contribution is 5.39. The fraction of sp³-hybridized carbons (Fsp3) is 0.529. The van der Waals surface area contributed by atoms with Gasteiger partial charge in [-0.05, 0) is 31.4 Å². The smallest absolute Gasteiger partial charge is 0.137 e. The molecule has 3 rings (SSSR count). The van der Waals surface area contributed by atoms with Crippen molar-refractivity contribution >= 4 is 5.82 Å². The topological polar surface area (TPSA) is 55.2 Å². The second kappa shape index (κ2) is 7.46. The van der Waals surface area contributed by atoms with E-state index in [2.05, 4.69) is 32.4 Å². The summed E-state index contributed by atoms with van der Waals surface area (Å²) < 4.78 is 7.45. The average molecular weight is 315 g/mol. The Morgan fingerprint density at radius 3 is 3.09 bits per heavy atom. The molecular weight excluding hydrogens is 290 g/mol. The summed E-state index contributed by atoms with van der Waals surface area (Å²) in [6, 6.07) is 4.62. The van der Waals surface area contributed by atoms with Gasteiger partial charge >= 0.3 is 0 Å². The Hall–Kier alpha value is -2.08. The molecule has 1 atom stereocenters. The Kier molecular flexibility index (Phi) is 5.12. The maximum atomic E-state index is 5.51. The molecule has 0 aliphatic carbocycles. The van der Waals surface area contributed by atoms with Gasteiger partial charge < -0.3 is 15.0 Å². The number of hydrogen-bond donors (Lipinski definition) is 1. The van der Waals surface area contributed by atoms with Gasteiger partial charge in [0.2, 0.25) is 0 Å². The predicted octanol–water partition coefficient (Wildman–Crippen LogP) is 1.97. The Morgan fingerprint density at radius 1 is 1.39 bits per heavy atom. The first kappa shape index (κ1) is 15.8. The van der Waals surface area contributed by atoms with Crippen molar-refractivity contribution in [2.24, 2.45) is 7.05 Å². The molecule has 0 radical (unpaired) electrons. The molecule has 6 heteroatoms. The fourth-order valence-electron chi connectivity index (χ4n) is 3.10. The second-order valence-corrected chi connectivity index (χ2v) is 5.94. The molecule has 0 aromatic carbocycles. The SMILES string of the molecule is CCOc1cncc(CN[C@H]2CCCN(c3ccnn3C)C2)c1. The van der Waals surface area contributed by atoms with Crippen molar-refractivity contribution in [2.75, 3.05) is 24.6 Å². The third-order valence-corrected chi connectivity index (χ3v) is 4.22. The number of aryl methyl sites for hydroxylation is 1. The molecule has 1 aliphatic rings. The van der Waals surface area contributed by atoms with Crippen molar-refractivity contribution in [1.29, 1.82) is 0 Å². The van der Waals surface area contributed by atoms with Crippen molar-refractivity contribution in [3.8, 4) is 5.75 Å². The lowest BCUT2D eigenvalue weighted by Gasteiger charge is -2.34. The zero-order valence-corrected chi connectivity index (χ0v) is 13.9. The Labute approximate surface area is 137 Å². The summed E-state index contributed by atoms with van der Waals surface area (Å²) >= 11 is 0. The zero-order chi connectivity index (χ0) is 16.1. The van der Waals surface area contributed by atoms with Crippen LogP contribution in [0.15, 0.2) is 30.7 Å². The van der Waals surface area contributed by atoms with Crippen molar-refractivity contribution in [2.45, 2.75) is 32.4 Å². The summed E-state index contributed by atoms with van der Waals surface area (Å²) in [6.45, 7) is 5.58. The highest BCUT2D eigenvalue weighted by Gasteiger charge is 2.21. The average Bonchev–Trinajstić information content (AvgIpc) is 3.00. The first-order valence-corrected chi connectivity index (χ1v) is 8.29. The molecule has 0 amide bonds. The molecule has 0 saturated carbocycles. The summed E-state index contributed by atoms with van der Waals surface area (Å²) in [7, 11) is 2.00. The van der Waals surface area contributed by atoms with Crippen molar-refractivity contribution < 1.29 is 4.74 Å². The number of rotatable bonds is 6. The normalized spacial score (nSPS) is 18.2. The van der Waals surface area contributed by atoms with Crippen molar-refractivity contribution in [1.82, 2.24) is 20.1 Å². The third-order valence-electron chi connectivity index (χ3n) is 4.22. The van der Waals surface area contributed by atoms with Gasteiger partial charge in [-0.1, -0.05) is 0 Å². The maximum Gasteiger partial charge on any atom is 0.137 e. The Bertz CT molecular complexity index is 627. The number of anilines is 1. The second-order valence-electron chi connectivity index (χ2n) is 5.94. The number of piperidine rings is 1. The number of nitrogens with zero attached hydrogens (tertiary/aromatic N) is 4. The lowest BCUT2D eigenvalue weighted by molar-refractivity contribution is 0.338. The highest BCUT2D eigenvalue weighted by atomic mass is 16.5. The molecule has 6 nitrogen and oxygen atoms in total. The van der Waals surface area contributed by atoms with Crippen LogP contribution in [0.5, 0.6) is 5.75 Å². The molecule has 1 aliphatic heterocycles. The van der Waals surface area contributed by atoms with Gasteiger partial charge in [-0.2, -0.15) is 5.10 Å². The van der Waals surface area contributed by atoms with Gasteiger partial charge in [-0.25, -0.2) is 0 Å². The molecule has 2 aromatic heterocycles. The van der Waals surface area contributed by atoms with Crippen LogP contribution in [0.1, 0.15) is 25.3 Å². The molecule has 0 bridgehead atoms. The van der Waals surface area contributed by atoms with Crippen molar-refractivity contribution in [3.05, 3.63) is 36.3 Å². The summed E-state index contributed by atoms with van der Waals surface area (Å²) in [5, 5.41) is 7.92. The van der Waals surface area contributed by atoms with Crippen LogP contribution in [-0.2, 0) is 13.6 Å². The Morgan fingerprint density at radius 2 is 2.30 bits per heavy atom. The van der Waals surface area contributed by atoms with Crippen LogP contribution in [0.2, 0.25) is 0 Å². The van der Waals surface area contributed by atoms with Crippen LogP contribution in [-0.4, -0.2) is 40.5 Å². The minimum atomic E-state index is 0.481. The lowest BCUT2D eigenvalue weighted by atomic mass is 10.1. The van der Waals surface area contributed by atoms with E-state index in [1.54, 1.807) is 6.20 Å². The molecule has 0 unspecified atom stereocenters. The number of ether oxygens (including phenoxy) is 1. The van der Waals surface area contributed by atoms with Gasteiger partial charge in [0.1, 0.15) is 11.6 Å². The van der Waals surface area contributed by atoms with E-state index >= 15 is 0 Å². The summed E-state index contributed by atoms with van der Waals surface area (Å²) in [6.07, 6.45) is 7.92. The molecule has 1 saturated heterocycles. The van der Waals surface area contributed by atoms with Crippen LogP contribution in [0.25, 0.3) is 0 Å². The summed E-state index contributed by atoms with van der Waals surface area (Å²) in [5.74, 6) is 2.03. The summed E-state index contributed by atoms with van der Waals surface area (Å²) in [4.78, 5) is 6.65. The number of pyridine rings is 1. The maximum absolute atomic E-state index is 5.51. The summed E-state index contributed by atoms with van der Waals surface area (Å²) in [5.41, 5.74) is 1.16. The highest BCUT2D eigenvalue weighted by Crippen LogP contribution is 2.19. The zero-order valence-electron chi connectivity index (χ0n) is 13.9. The van der Waals surface area contributed by atoms with E-state index in [4.69, 9.17) is 4.74 Å². The number of hydrogen-bond acceptors (Lipinski definition) is 5. The monoisotopic (exact) mass is 315 g/mol. The molecule has 2 aromatic rings. The molecule has 1 fully saturated rings. The van der Waals surface area contributed by atoms with Gasteiger partial charge in [-0.15, -0.1) is 0 Å². The van der Waals surface area contributed by atoms with E-state index in [1.165, 1.54) is 18.7 Å². The largest absolute Gasteiger partial charge is 0.492 e. The van der Waals surface area contributed by atoms with E-state index in [0.29, 0.717) is 12.6 Å². The first-order valence-electron chi connectivity index (χ1n) is 8.29. The molecular formula is C17H25N5O. The van der Waals surface area contributed by atoms with E-state index in [-0.39, 0.29) is 0 Å². The number of aromatic nitrogens is 3. The van der Waals surface area contributed by atoms with Crippen molar-refractivity contribution in [3.63, 3.8) is 0 Å². The van der Waals surface area contributed by atoms with Gasteiger partial charge in [-0.3, -0.25) is 9.67 Å². The molecule has 124 valence electrons. The first-order chi connectivity index (χ1) is 11.3. The lowest BCUT2D eigenvalue weighted by Crippen LogP contribution is -2.46. The Balaban J connectivity index is 1.56. The molecule has 23 heavy (non-hydrogen) atoms. The van der Waals surface area contributed by atoms with Crippen LogP contribution in [0.3, 0.4) is 0 Å². The van der Waals surface area contributed by atoms with Crippen LogP contribution < -0.4 is 15.0 Å². The number of nitrogens with one attached hydrogen (secondary N) is 1. The van der Waals surface area contributed by atoms with E-state index in [0.717, 1.165) is 30.9 Å². The fourth-order valence-corrected chi connectivity index (χ4v) is 3.10. The van der Waals surface area contributed by atoms with E-state index in [1.807, 2.05) is 31.0 Å². The minimum Gasteiger partial charge on any atom is -0.492 e. The minimum absolute atomic E-state index is 0.481. The third kappa shape index (κ3) is 4.01. The van der Waals surface area contributed by atoms with Crippen LogP contribution in [0.4, 0.5) is 5.82 Å². The standard InChI is InChI=1S/C17H25N5O/c1-3-23-16-9-14(10-18-12-16)11-19-15-5-4-8-22(13-15)17-6-7-20-21(17)2/h6-7,9-10,12,15,19H,3-5,8,11,13H2,1-2H3/t15-/m0/s1. The van der Waals surface area contributed by atoms with Crippen LogP contribution >= 0.6 is 0 Å². The van der Waals surface area contributed by atoms with Crippen LogP contribution in [0, 0.1) is 0 Å². The molecule has 1 N–H and O–H groups in total. The van der Waals surface area contributed by atoms with Gasteiger partial charge in [0.15, 0.2) is 0 Å². The quantitative estimate of drug-likeness (QED) is 0.883. The van der Waals surface area contributed by atoms with Gasteiger partial charge in [0.25, 0.3) is 0 Å². The molecule has 0 spiro atoms. The predicted molar refractivity (Wildman–Crippen MR) is 90.7 cm³/mol. The van der Waals surface area contributed by atoms with Gasteiger partial charge in [0, 0.05) is 45.0 Å². The van der Waals surface area contributed by atoms with Gasteiger partial charge in [0.05, 0.1) is 19.0 Å². The molecule has 3 heterocycles. The van der Waals surface area contributed by atoms with E-state index < -0.39 is 0 Å².